The minimum atomic E-state index is -3.66. The van der Waals surface area contributed by atoms with Gasteiger partial charge in [0.2, 0.25) is 15.0 Å². The number of hydrogen-bond acceptors (Lipinski definition) is 5. The number of aromatic nitrogens is 2. The third-order valence-corrected chi connectivity index (χ3v) is 7.40. The van der Waals surface area contributed by atoms with Crippen LogP contribution in [-0.4, -0.2) is 30.2 Å². The van der Waals surface area contributed by atoms with Crippen LogP contribution in [0, 0.1) is 0 Å². The summed E-state index contributed by atoms with van der Waals surface area (Å²) in [7, 11) is -3.66. The second-order valence-corrected chi connectivity index (χ2v) is 10.0. The first-order valence-corrected chi connectivity index (χ1v) is 11.0. The van der Waals surface area contributed by atoms with Crippen LogP contribution < -0.4 is 10.5 Å². The summed E-state index contributed by atoms with van der Waals surface area (Å²) in [4.78, 5) is 21.3. The molecule has 0 bridgehead atoms. The smallest absolute Gasteiger partial charge is 0.255 e. The lowest BCUT2D eigenvalue weighted by molar-refractivity contribution is 0.572. The van der Waals surface area contributed by atoms with Gasteiger partial charge in [0.1, 0.15) is 0 Å². The Morgan fingerprint density at radius 1 is 1.18 bits per heavy atom. The number of aromatic amines is 1. The summed E-state index contributed by atoms with van der Waals surface area (Å²) in [6.07, 6.45) is 0.487. The summed E-state index contributed by atoms with van der Waals surface area (Å²) in [6, 6.07) is 11.7. The Morgan fingerprint density at radius 2 is 1.89 bits per heavy atom. The van der Waals surface area contributed by atoms with Crippen LogP contribution in [-0.2, 0) is 22.8 Å². The Balaban J connectivity index is 1.81. The van der Waals surface area contributed by atoms with Gasteiger partial charge in [-0.2, -0.15) is 0 Å². The van der Waals surface area contributed by atoms with Crippen molar-refractivity contribution in [1.29, 1.82) is 0 Å². The molecule has 0 atom stereocenters. The fraction of sp³-hybridized carbons (Fsp3) is 0.300. The molecule has 0 spiro atoms. The van der Waals surface area contributed by atoms with Gasteiger partial charge < -0.3 is 4.90 Å². The number of nitrogens with zero attached hydrogens (tertiary/aromatic N) is 2. The first kappa shape index (κ1) is 19.0. The minimum absolute atomic E-state index is 0.260. The molecule has 0 saturated heterocycles. The molecule has 146 valence electrons. The molecule has 0 unspecified atom stereocenters. The molecular weight excluding hydrogens is 398 g/mol. The van der Waals surface area contributed by atoms with Crippen molar-refractivity contribution in [3.63, 3.8) is 0 Å². The van der Waals surface area contributed by atoms with Gasteiger partial charge in [0.15, 0.2) is 0 Å². The number of hydrogen-bond donors (Lipinski definition) is 1. The van der Waals surface area contributed by atoms with E-state index in [1.54, 1.807) is 13.8 Å². The molecule has 0 aliphatic carbocycles. The zero-order valence-corrected chi connectivity index (χ0v) is 17.1. The van der Waals surface area contributed by atoms with Gasteiger partial charge in [-0.15, -0.1) is 0 Å². The van der Waals surface area contributed by atoms with Gasteiger partial charge in [-0.1, -0.05) is 35.9 Å². The van der Waals surface area contributed by atoms with Gasteiger partial charge in [-0.05, 0) is 37.8 Å². The normalized spacial score (nSPS) is 14.5. The van der Waals surface area contributed by atoms with E-state index in [0.717, 1.165) is 16.5 Å². The number of nitrogens with one attached hydrogen (secondary N) is 1. The molecule has 8 heteroatoms. The van der Waals surface area contributed by atoms with Crippen molar-refractivity contribution in [2.45, 2.75) is 37.2 Å². The summed E-state index contributed by atoms with van der Waals surface area (Å²) >= 11 is 6.45. The van der Waals surface area contributed by atoms with Crippen LogP contribution in [0.1, 0.15) is 25.1 Å². The summed E-state index contributed by atoms with van der Waals surface area (Å²) in [6.45, 7) is 4.11. The number of fused-ring (bicyclic) bond motifs is 2. The molecule has 1 aliphatic rings. The van der Waals surface area contributed by atoms with Crippen molar-refractivity contribution in [2.24, 2.45) is 0 Å². The second-order valence-electron chi connectivity index (χ2n) is 7.18. The first-order valence-electron chi connectivity index (χ1n) is 9.07. The molecule has 1 aromatic heterocycles. The van der Waals surface area contributed by atoms with Crippen LogP contribution in [0.3, 0.4) is 0 Å². The van der Waals surface area contributed by atoms with E-state index < -0.39 is 15.1 Å². The van der Waals surface area contributed by atoms with Crippen molar-refractivity contribution < 1.29 is 8.42 Å². The molecule has 0 radical (unpaired) electrons. The molecule has 2 aromatic carbocycles. The Morgan fingerprint density at radius 3 is 2.61 bits per heavy atom. The molecule has 2 heterocycles. The highest BCUT2D eigenvalue weighted by atomic mass is 35.5. The maximum absolute atomic E-state index is 12.5. The third kappa shape index (κ3) is 3.08. The predicted molar refractivity (Wildman–Crippen MR) is 111 cm³/mol. The zero-order valence-electron chi connectivity index (χ0n) is 15.6. The first-order chi connectivity index (χ1) is 13.3. The molecule has 0 amide bonds. The van der Waals surface area contributed by atoms with Gasteiger partial charge in [0.25, 0.3) is 5.56 Å². The van der Waals surface area contributed by atoms with Crippen molar-refractivity contribution in [2.75, 3.05) is 11.4 Å². The lowest BCUT2D eigenvalue weighted by Gasteiger charge is -2.31. The molecule has 28 heavy (non-hydrogen) atoms. The highest BCUT2D eigenvalue weighted by Gasteiger charge is 2.28. The lowest BCUT2D eigenvalue weighted by atomic mass is 10.0. The van der Waals surface area contributed by atoms with E-state index >= 15 is 0 Å². The van der Waals surface area contributed by atoms with Crippen LogP contribution in [0.2, 0.25) is 5.02 Å². The highest BCUT2D eigenvalue weighted by molar-refractivity contribution is 7.91. The van der Waals surface area contributed by atoms with E-state index in [9.17, 15) is 13.2 Å². The minimum Gasteiger partial charge on any atom is -0.365 e. The fourth-order valence-electron chi connectivity index (χ4n) is 3.52. The van der Waals surface area contributed by atoms with Gasteiger partial charge in [0, 0.05) is 23.2 Å². The maximum Gasteiger partial charge on any atom is 0.255 e. The Bertz CT molecular complexity index is 1230. The van der Waals surface area contributed by atoms with E-state index in [0.29, 0.717) is 35.8 Å². The lowest BCUT2D eigenvalue weighted by Crippen LogP contribution is -2.36. The van der Waals surface area contributed by atoms with Crippen molar-refractivity contribution in [3.8, 4) is 0 Å². The second kappa shape index (κ2) is 6.90. The van der Waals surface area contributed by atoms with Crippen molar-refractivity contribution in [3.05, 3.63) is 63.0 Å². The van der Waals surface area contributed by atoms with Crippen LogP contribution in [0.25, 0.3) is 10.8 Å². The summed E-state index contributed by atoms with van der Waals surface area (Å²) in [5.74, 6) is 0. The van der Waals surface area contributed by atoms with Gasteiger partial charge in [-0.25, -0.2) is 13.4 Å². The predicted octanol–water partition coefficient (Wildman–Crippen LogP) is 3.32. The number of anilines is 1. The topological polar surface area (TPSA) is 83.1 Å². The molecule has 3 aromatic rings. The van der Waals surface area contributed by atoms with E-state index in [-0.39, 0.29) is 10.7 Å². The summed E-state index contributed by atoms with van der Waals surface area (Å²) in [5, 5.41) is 1.70. The number of rotatable bonds is 3. The number of sulfone groups is 1. The SMILES string of the molecule is CC(C)S(=O)(=O)c1nc2c(c(=O)[nH]1)CCN(c1cccc3cccc(Cl)c13)C2. The van der Waals surface area contributed by atoms with Gasteiger partial charge in [0.05, 0.1) is 22.5 Å². The molecule has 1 N–H and O–H groups in total. The average Bonchev–Trinajstić information content (AvgIpc) is 2.67. The zero-order chi connectivity index (χ0) is 20.1. The third-order valence-electron chi connectivity index (χ3n) is 5.11. The van der Waals surface area contributed by atoms with Gasteiger partial charge in [-0.3, -0.25) is 9.78 Å². The Labute approximate surface area is 168 Å². The molecule has 6 nitrogen and oxygen atoms in total. The van der Waals surface area contributed by atoms with Crippen LogP contribution >= 0.6 is 11.6 Å². The van der Waals surface area contributed by atoms with E-state index in [1.807, 2.05) is 36.4 Å². The Hall–Kier alpha value is -2.38. The summed E-state index contributed by atoms with van der Waals surface area (Å²) < 4.78 is 25.0. The quantitative estimate of drug-likeness (QED) is 0.661. The highest BCUT2D eigenvalue weighted by Crippen LogP contribution is 2.34. The largest absolute Gasteiger partial charge is 0.365 e. The maximum atomic E-state index is 12.5. The van der Waals surface area contributed by atoms with Crippen LogP contribution in [0.5, 0.6) is 0 Å². The fourth-order valence-corrected chi connectivity index (χ4v) is 4.72. The molecule has 1 aliphatic heterocycles. The van der Waals surface area contributed by atoms with E-state index in [4.69, 9.17) is 11.6 Å². The van der Waals surface area contributed by atoms with Gasteiger partial charge >= 0.3 is 0 Å². The van der Waals surface area contributed by atoms with Crippen molar-refractivity contribution in [1.82, 2.24) is 9.97 Å². The molecule has 0 saturated carbocycles. The Kier molecular flexibility index (Phi) is 4.67. The average molecular weight is 418 g/mol. The summed E-state index contributed by atoms with van der Waals surface area (Å²) in [5.41, 5.74) is 1.62. The molecule has 4 rings (SSSR count). The monoisotopic (exact) mass is 417 g/mol. The van der Waals surface area contributed by atoms with Crippen molar-refractivity contribution >= 4 is 37.9 Å². The number of benzene rings is 2. The molecular formula is C20H20ClN3O3S. The number of H-pyrrole nitrogens is 1. The number of halogens is 1. The van der Waals surface area contributed by atoms with E-state index in [2.05, 4.69) is 14.9 Å². The molecule has 0 fully saturated rings. The van der Waals surface area contributed by atoms with E-state index in [1.165, 1.54) is 0 Å². The van der Waals surface area contributed by atoms with Crippen LogP contribution in [0.15, 0.2) is 46.3 Å². The van der Waals surface area contributed by atoms with Crippen LogP contribution in [0.4, 0.5) is 5.69 Å². The standard InChI is InChI=1S/C20H20ClN3O3S/c1-12(2)28(26,27)20-22-16-11-24(10-9-14(16)19(25)23-20)17-8-4-6-13-5-3-7-15(21)18(13)17/h3-8,12H,9-11H2,1-2H3,(H,22,23,25).